The lowest BCUT2D eigenvalue weighted by Crippen LogP contribution is -2.30. The van der Waals surface area contributed by atoms with E-state index in [0.717, 1.165) is 57.3 Å². The maximum Gasteiger partial charge on any atom is 0.416 e. The fraction of sp³-hybridized carbons (Fsp3) is 0.613. The molecule has 0 bridgehead atoms. The molecule has 1 unspecified atom stereocenters. The minimum Gasteiger partial charge on any atom is -0.371 e. The molecule has 1 heterocycles. The van der Waals surface area contributed by atoms with Gasteiger partial charge >= 0.3 is 12.4 Å². The van der Waals surface area contributed by atoms with Crippen molar-refractivity contribution in [3.8, 4) is 0 Å². The highest BCUT2D eigenvalue weighted by Crippen LogP contribution is 2.42. The van der Waals surface area contributed by atoms with Crippen LogP contribution < -0.4 is 10.7 Å². The van der Waals surface area contributed by atoms with Crippen molar-refractivity contribution in [1.29, 1.82) is 0 Å². The SMILES string of the molecule is CN(CCc1cc(C(F)(F)F)cc(C(F)(F)F)c1)C1CCCN(CC2CCCC2)c2cc3c(cc21)CCC3.CN=NN. The van der Waals surface area contributed by atoms with Crippen molar-refractivity contribution in [3.63, 3.8) is 0 Å². The summed E-state index contributed by atoms with van der Waals surface area (Å²) in [7, 11) is 3.46. The van der Waals surface area contributed by atoms with Crippen molar-refractivity contribution in [2.45, 2.75) is 82.6 Å². The van der Waals surface area contributed by atoms with Crippen molar-refractivity contribution in [2.75, 3.05) is 38.6 Å². The molecule has 2 N–H and O–H groups in total. The Morgan fingerprint density at radius 2 is 1.45 bits per heavy atom. The van der Waals surface area contributed by atoms with Crippen LogP contribution in [0.3, 0.4) is 0 Å². The van der Waals surface area contributed by atoms with Crippen LogP contribution in [0.2, 0.25) is 0 Å². The Bertz CT molecular complexity index is 1180. The van der Waals surface area contributed by atoms with Crippen LogP contribution in [0.1, 0.15) is 84.4 Å². The van der Waals surface area contributed by atoms with Crippen LogP contribution in [0.15, 0.2) is 40.7 Å². The van der Waals surface area contributed by atoms with Crippen LogP contribution in [0, 0.1) is 5.92 Å². The first-order valence-corrected chi connectivity index (χ1v) is 14.8. The van der Waals surface area contributed by atoms with Crippen molar-refractivity contribution in [2.24, 2.45) is 22.1 Å². The summed E-state index contributed by atoms with van der Waals surface area (Å²) in [5.41, 5.74) is 2.93. The molecule has 1 fully saturated rings. The normalized spacial score (nSPS) is 19.5. The number of benzene rings is 2. The zero-order chi connectivity index (χ0) is 30.5. The Kier molecular flexibility index (Phi) is 10.4. The molecule has 0 saturated heterocycles. The highest BCUT2D eigenvalue weighted by Gasteiger charge is 2.37. The molecule has 0 spiro atoms. The molecule has 1 aliphatic heterocycles. The minimum atomic E-state index is -4.83. The van der Waals surface area contributed by atoms with E-state index in [1.165, 1.54) is 55.1 Å². The second-order valence-electron chi connectivity index (χ2n) is 11.7. The Balaban J connectivity index is 0.000000952. The second kappa shape index (κ2) is 13.7. The number of nitrogens with zero attached hydrogens (tertiary/aromatic N) is 4. The number of alkyl halides is 6. The lowest BCUT2D eigenvalue weighted by molar-refractivity contribution is -0.143. The first-order valence-electron chi connectivity index (χ1n) is 14.8. The van der Waals surface area contributed by atoms with Gasteiger partial charge in [0.1, 0.15) is 0 Å². The van der Waals surface area contributed by atoms with Crippen LogP contribution in [0.5, 0.6) is 0 Å². The Morgan fingerprint density at radius 3 is 2.02 bits per heavy atom. The molecule has 1 saturated carbocycles. The molecule has 0 amide bonds. The van der Waals surface area contributed by atoms with Crippen LogP contribution in [0.25, 0.3) is 0 Å². The summed E-state index contributed by atoms with van der Waals surface area (Å²) >= 11 is 0. The average molecular weight is 598 g/mol. The predicted molar refractivity (Wildman–Crippen MR) is 152 cm³/mol. The number of nitrogens with two attached hydrogens (primary N) is 1. The Labute approximate surface area is 244 Å². The van der Waals surface area contributed by atoms with Crippen molar-refractivity contribution >= 4 is 5.69 Å². The van der Waals surface area contributed by atoms with Gasteiger partial charge in [-0.3, -0.25) is 4.90 Å². The molecule has 0 aromatic heterocycles. The summed E-state index contributed by atoms with van der Waals surface area (Å²) in [5.74, 6) is 5.20. The molecule has 1 atom stereocenters. The molecule has 2 aromatic rings. The summed E-state index contributed by atoms with van der Waals surface area (Å²) in [5, 5.41) is 6.00. The molecule has 11 heteroatoms. The summed E-state index contributed by atoms with van der Waals surface area (Å²) in [6.45, 7) is 2.42. The zero-order valence-electron chi connectivity index (χ0n) is 24.4. The third kappa shape index (κ3) is 7.96. The van der Waals surface area contributed by atoms with Crippen molar-refractivity contribution in [1.82, 2.24) is 4.90 Å². The molecular weight excluding hydrogens is 556 g/mol. The molecule has 2 aliphatic carbocycles. The number of likely N-dealkylation sites (N-methyl/N-ethyl adjacent to an activating group) is 1. The maximum atomic E-state index is 13.3. The molecule has 0 radical (unpaired) electrons. The van der Waals surface area contributed by atoms with Gasteiger partial charge in [0.25, 0.3) is 0 Å². The standard InChI is InChI=1S/C30H36F6N2.CH5N3/c1-37(13-11-21-14-24(29(31,32)33)18-25(15-21)30(34,35)36)27-10-5-12-38(19-20-6-2-3-7-20)28-17-23-9-4-8-22(23)16-26(27)28;1-3-4-2/h14-18,20,27H,2-13,19H2,1H3;1H3,(H2,2,3). The first-order chi connectivity index (χ1) is 19.9. The van der Waals surface area contributed by atoms with Gasteiger partial charge in [-0.1, -0.05) is 24.1 Å². The van der Waals surface area contributed by atoms with Gasteiger partial charge in [-0.05, 0) is 111 Å². The molecule has 5 rings (SSSR count). The Morgan fingerprint density at radius 1 is 0.857 bits per heavy atom. The number of fused-ring (bicyclic) bond motifs is 2. The van der Waals surface area contributed by atoms with Crippen LogP contribution in [-0.2, 0) is 31.6 Å². The number of rotatable bonds is 6. The van der Waals surface area contributed by atoms with E-state index >= 15 is 0 Å². The maximum absolute atomic E-state index is 13.3. The topological polar surface area (TPSA) is 57.2 Å². The molecule has 3 aliphatic rings. The van der Waals surface area contributed by atoms with E-state index in [1.54, 1.807) is 0 Å². The predicted octanol–water partition coefficient (Wildman–Crippen LogP) is 8.16. The van der Waals surface area contributed by atoms with Gasteiger partial charge < -0.3 is 10.7 Å². The van der Waals surface area contributed by atoms with E-state index in [0.29, 0.717) is 12.5 Å². The first kappa shape index (κ1) is 32.1. The van der Waals surface area contributed by atoms with Crippen molar-refractivity contribution in [3.05, 3.63) is 63.7 Å². The fourth-order valence-electron chi connectivity index (χ4n) is 6.70. The third-order valence-electron chi connectivity index (χ3n) is 8.85. The van der Waals surface area contributed by atoms with Gasteiger partial charge in [0, 0.05) is 31.4 Å². The van der Waals surface area contributed by atoms with E-state index in [9.17, 15) is 26.3 Å². The number of anilines is 1. The van der Waals surface area contributed by atoms with Gasteiger partial charge in [-0.15, -0.1) is 0 Å². The minimum absolute atomic E-state index is 0.0599. The molecular formula is C31H41F6N5. The van der Waals surface area contributed by atoms with Gasteiger partial charge in [0.05, 0.1) is 18.2 Å². The number of aryl methyl sites for hydroxylation is 2. The summed E-state index contributed by atoms with van der Waals surface area (Å²) in [6, 6.07) is 6.73. The van der Waals surface area contributed by atoms with Gasteiger partial charge in [0.15, 0.2) is 0 Å². The van der Waals surface area contributed by atoms with Crippen LogP contribution >= 0.6 is 0 Å². The van der Waals surface area contributed by atoms with Gasteiger partial charge in [-0.25, -0.2) is 0 Å². The number of hydrogen-bond acceptors (Lipinski definition) is 4. The van der Waals surface area contributed by atoms with E-state index < -0.39 is 23.5 Å². The Hall–Kier alpha value is -2.82. The largest absolute Gasteiger partial charge is 0.416 e. The van der Waals surface area contributed by atoms with Gasteiger partial charge in [-0.2, -0.15) is 31.5 Å². The van der Waals surface area contributed by atoms with Crippen LogP contribution in [-0.4, -0.2) is 38.6 Å². The van der Waals surface area contributed by atoms with Crippen molar-refractivity contribution < 1.29 is 26.3 Å². The quantitative estimate of drug-likeness (QED) is 0.158. The smallest absolute Gasteiger partial charge is 0.371 e. The lowest BCUT2D eigenvalue weighted by Gasteiger charge is -2.32. The molecule has 232 valence electrons. The molecule has 5 nitrogen and oxygen atoms in total. The monoisotopic (exact) mass is 597 g/mol. The summed E-state index contributed by atoms with van der Waals surface area (Å²) in [4.78, 5) is 4.69. The van der Waals surface area contributed by atoms with E-state index in [1.807, 2.05) is 7.05 Å². The summed E-state index contributed by atoms with van der Waals surface area (Å²) in [6.07, 6.45) is 0.834. The van der Waals surface area contributed by atoms with E-state index in [2.05, 4.69) is 38.1 Å². The second-order valence-corrected chi connectivity index (χ2v) is 11.7. The lowest BCUT2D eigenvalue weighted by atomic mass is 9.95. The van der Waals surface area contributed by atoms with E-state index in [4.69, 9.17) is 0 Å². The number of halogens is 6. The third-order valence-corrected chi connectivity index (χ3v) is 8.85. The molecule has 2 aromatic carbocycles. The van der Waals surface area contributed by atoms with Crippen LogP contribution in [0.4, 0.5) is 32.0 Å². The fourth-order valence-corrected chi connectivity index (χ4v) is 6.70. The van der Waals surface area contributed by atoms with E-state index in [-0.39, 0.29) is 24.1 Å². The van der Waals surface area contributed by atoms with Gasteiger partial charge in [0.2, 0.25) is 0 Å². The number of hydrogen-bond donors (Lipinski definition) is 1. The highest BCUT2D eigenvalue weighted by atomic mass is 19.4. The summed E-state index contributed by atoms with van der Waals surface area (Å²) < 4.78 is 80.1. The zero-order valence-corrected chi connectivity index (χ0v) is 24.4. The average Bonchev–Trinajstić information content (AvgIpc) is 3.60. The molecule has 42 heavy (non-hydrogen) atoms. The highest BCUT2D eigenvalue weighted by molar-refractivity contribution is 5.60.